The molecule has 0 radical (unpaired) electrons. The van der Waals surface area contributed by atoms with Gasteiger partial charge in [-0.3, -0.25) is 9.78 Å². The van der Waals surface area contributed by atoms with E-state index in [2.05, 4.69) is 10.3 Å². The van der Waals surface area contributed by atoms with Crippen LogP contribution in [0.25, 0.3) is 0 Å². The maximum Gasteiger partial charge on any atom is 0.320 e. The van der Waals surface area contributed by atoms with Gasteiger partial charge in [-0.25, -0.2) is 0 Å². The summed E-state index contributed by atoms with van der Waals surface area (Å²) in [4.78, 5) is 15.1. The van der Waals surface area contributed by atoms with E-state index in [1.807, 2.05) is 26.8 Å². The van der Waals surface area contributed by atoms with Crippen LogP contribution in [0.15, 0.2) is 18.5 Å². The van der Waals surface area contributed by atoms with Crippen LogP contribution in [0.3, 0.4) is 0 Å². The van der Waals surface area contributed by atoms with Gasteiger partial charge in [-0.05, 0) is 30.4 Å². The van der Waals surface area contributed by atoms with Crippen LogP contribution in [-0.2, 0) is 11.3 Å². The number of carboxylic acid groups (broad SMARTS) is 1. The molecule has 17 heavy (non-hydrogen) atoms. The van der Waals surface area contributed by atoms with Gasteiger partial charge < -0.3 is 10.4 Å². The van der Waals surface area contributed by atoms with Crippen molar-refractivity contribution in [1.82, 2.24) is 10.3 Å². The summed E-state index contributed by atoms with van der Waals surface area (Å²) in [6.07, 6.45) is 4.18. The average Bonchev–Trinajstić information content (AvgIpc) is 2.23. The summed E-state index contributed by atoms with van der Waals surface area (Å²) in [7, 11) is 0. The molecular weight excluding hydrogens is 216 g/mol. The van der Waals surface area contributed by atoms with Crippen molar-refractivity contribution in [3.63, 3.8) is 0 Å². The fraction of sp³-hybridized carbons (Fsp3) is 0.538. The number of hydrogen-bond donors (Lipinski definition) is 2. The van der Waals surface area contributed by atoms with Crippen molar-refractivity contribution in [3.05, 3.63) is 29.6 Å². The van der Waals surface area contributed by atoms with E-state index in [1.165, 1.54) is 0 Å². The maximum absolute atomic E-state index is 11.0. The van der Waals surface area contributed by atoms with Crippen molar-refractivity contribution in [2.45, 2.75) is 39.8 Å². The summed E-state index contributed by atoms with van der Waals surface area (Å²) < 4.78 is 0. The summed E-state index contributed by atoms with van der Waals surface area (Å²) >= 11 is 0. The molecule has 0 aromatic carbocycles. The third kappa shape index (κ3) is 4.95. The topological polar surface area (TPSA) is 62.2 Å². The second-order valence-corrected chi connectivity index (χ2v) is 4.77. The molecule has 1 atom stereocenters. The van der Waals surface area contributed by atoms with Crippen molar-refractivity contribution in [2.75, 3.05) is 0 Å². The number of carbonyl (C=O) groups is 1. The molecule has 0 saturated carbocycles. The molecule has 0 spiro atoms. The van der Waals surface area contributed by atoms with Gasteiger partial charge in [0.25, 0.3) is 0 Å². The lowest BCUT2D eigenvalue weighted by Gasteiger charge is -2.16. The summed E-state index contributed by atoms with van der Waals surface area (Å²) in [6, 6.07) is 1.52. The Morgan fingerprint density at radius 1 is 1.47 bits per heavy atom. The lowest BCUT2D eigenvalue weighted by Crippen LogP contribution is -2.37. The number of rotatable bonds is 6. The highest BCUT2D eigenvalue weighted by molar-refractivity contribution is 5.73. The Kier molecular flexibility index (Phi) is 5.10. The minimum Gasteiger partial charge on any atom is -0.480 e. The number of aryl methyl sites for hydroxylation is 1. The quantitative estimate of drug-likeness (QED) is 0.792. The molecule has 94 valence electrons. The SMILES string of the molecule is Cc1cncc(CNC(CC(C)C)C(=O)O)c1. The molecule has 1 unspecified atom stereocenters. The highest BCUT2D eigenvalue weighted by atomic mass is 16.4. The molecule has 0 saturated heterocycles. The van der Waals surface area contributed by atoms with E-state index in [0.29, 0.717) is 18.9 Å². The van der Waals surface area contributed by atoms with E-state index in [0.717, 1.165) is 11.1 Å². The third-order valence-electron chi connectivity index (χ3n) is 2.49. The molecule has 1 rings (SSSR count). The first-order valence-electron chi connectivity index (χ1n) is 5.85. The van der Waals surface area contributed by atoms with Crippen molar-refractivity contribution >= 4 is 5.97 Å². The smallest absolute Gasteiger partial charge is 0.320 e. The Balaban J connectivity index is 2.54. The lowest BCUT2D eigenvalue weighted by molar-refractivity contribution is -0.140. The van der Waals surface area contributed by atoms with E-state index < -0.39 is 12.0 Å². The maximum atomic E-state index is 11.0. The number of nitrogens with zero attached hydrogens (tertiary/aromatic N) is 1. The van der Waals surface area contributed by atoms with Crippen LogP contribution in [-0.4, -0.2) is 22.1 Å². The third-order valence-corrected chi connectivity index (χ3v) is 2.49. The van der Waals surface area contributed by atoms with Crippen molar-refractivity contribution < 1.29 is 9.90 Å². The Morgan fingerprint density at radius 3 is 2.71 bits per heavy atom. The van der Waals surface area contributed by atoms with E-state index in [-0.39, 0.29) is 0 Å². The molecule has 1 heterocycles. The molecule has 4 heteroatoms. The number of hydrogen-bond acceptors (Lipinski definition) is 3. The van der Waals surface area contributed by atoms with E-state index in [4.69, 9.17) is 5.11 Å². The van der Waals surface area contributed by atoms with E-state index >= 15 is 0 Å². The van der Waals surface area contributed by atoms with Crippen LogP contribution in [0.1, 0.15) is 31.4 Å². The molecule has 1 aromatic heterocycles. The summed E-state index contributed by atoms with van der Waals surface area (Å²) in [5, 5.41) is 12.1. The van der Waals surface area contributed by atoms with Crippen LogP contribution in [0.4, 0.5) is 0 Å². The molecule has 1 aromatic rings. The number of nitrogens with one attached hydrogen (secondary N) is 1. The summed E-state index contributed by atoms with van der Waals surface area (Å²) in [5.41, 5.74) is 2.10. The van der Waals surface area contributed by atoms with Gasteiger partial charge in [0.1, 0.15) is 6.04 Å². The summed E-state index contributed by atoms with van der Waals surface area (Å²) in [5.74, 6) is -0.432. The molecule has 0 aliphatic rings. The molecule has 0 aliphatic carbocycles. The Hall–Kier alpha value is -1.42. The number of pyridine rings is 1. The fourth-order valence-electron chi connectivity index (χ4n) is 1.70. The first kappa shape index (κ1) is 13.6. The molecule has 0 bridgehead atoms. The Labute approximate surface area is 102 Å². The van der Waals surface area contributed by atoms with Crippen molar-refractivity contribution in [1.29, 1.82) is 0 Å². The van der Waals surface area contributed by atoms with Gasteiger partial charge in [0.15, 0.2) is 0 Å². The largest absolute Gasteiger partial charge is 0.480 e. The van der Waals surface area contributed by atoms with Gasteiger partial charge in [0, 0.05) is 18.9 Å². The molecule has 2 N–H and O–H groups in total. The van der Waals surface area contributed by atoms with Gasteiger partial charge in [-0.2, -0.15) is 0 Å². The van der Waals surface area contributed by atoms with Gasteiger partial charge >= 0.3 is 5.97 Å². The standard InChI is InChI=1S/C13H20N2O2/c1-9(2)4-12(13(16)17)15-8-11-5-10(3)6-14-7-11/h5-7,9,12,15H,4,8H2,1-3H3,(H,16,17). The zero-order valence-corrected chi connectivity index (χ0v) is 10.6. The highest BCUT2D eigenvalue weighted by Crippen LogP contribution is 2.07. The molecule has 0 fully saturated rings. The first-order valence-corrected chi connectivity index (χ1v) is 5.85. The second-order valence-electron chi connectivity index (χ2n) is 4.77. The highest BCUT2D eigenvalue weighted by Gasteiger charge is 2.17. The minimum atomic E-state index is -0.792. The van der Waals surface area contributed by atoms with Crippen LogP contribution < -0.4 is 5.32 Å². The first-order chi connectivity index (χ1) is 7.99. The van der Waals surface area contributed by atoms with Crippen LogP contribution in [0.5, 0.6) is 0 Å². The number of aliphatic carboxylic acids is 1. The zero-order valence-electron chi connectivity index (χ0n) is 10.6. The zero-order chi connectivity index (χ0) is 12.8. The van der Waals surface area contributed by atoms with Gasteiger partial charge in [-0.15, -0.1) is 0 Å². The normalized spacial score (nSPS) is 12.7. The van der Waals surface area contributed by atoms with Crippen LogP contribution in [0, 0.1) is 12.8 Å². The second kappa shape index (κ2) is 6.35. The van der Waals surface area contributed by atoms with Crippen molar-refractivity contribution in [2.24, 2.45) is 5.92 Å². The van der Waals surface area contributed by atoms with E-state index in [9.17, 15) is 4.79 Å². The summed E-state index contributed by atoms with van der Waals surface area (Å²) in [6.45, 7) is 6.55. The van der Waals surface area contributed by atoms with Gasteiger partial charge in [0.05, 0.1) is 0 Å². The Morgan fingerprint density at radius 2 is 2.18 bits per heavy atom. The lowest BCUT2D eigenvalue weighted by atomic mass is 10.0. The Bertz CT molecular complexity index is 377. The molecule has 4 nitrogen and oxygen atoms in total. The number of carboxylic acids is 1. The predicted molar refractivity (Wildman–Crippen MR) is 66.7 cm³/mol. The monoisotopic (exact) mass is 236 g/mol. The van der Waals surface area contributed by atoms with Gasteiger partial charge in [0.2, 0.25) is 0 Å². The van der Waals surface area contributed by atoms with Crippen molar-refractivity contribution in [3.8, 4) is 0 Å². The predicted octanol–water partition coefficient (Wildman–Crippen LogP) is 1.98. The average molecular weight is 236 g/mol. The molecule has 0 amide bonds. The van der Waals surface area contributed by atoms with E-state index in [1.54, 1.807) is 12.4 Å². The minimum absolute atomic E-state index is 0.360. The van der Waals surface area contributed by atoms with Gasteiger partial charge in [-0.1, -0.05) is 19.9 Å². The van der Waals surface area contributed by atoms with Crippen LogP contribution in [0.2, 0.25) is 0 Å². The van der Waals surface area contributed by atoms with Crippen LogP contribution >= 0.6 is 0 Å². The molecular formula is C13H20N2O2. The number of aromatic nitrogens is 1. The molecule has 0 aliphatic heterocycles. The fourth-order valence-corrected chi connectivity index (χ4v) is 1.70.